The predicted molar refractivity (Wildman–Crippen MR) is 63.1 cm³/mol. The molecule has 16 heavy (non-hydrogen) atoms. The fraction of sp³-hybridized carbons (Fsp3) is 0.0909. The average Bonchev–Trinajstić information content (AvgIpc) is 2.43. The third kappa shape index (κ3) is 1.72. The molecule has 82 valence electrons. The summed E-state index contributed by atoms with van der Waals surface area (Å²) in [5, 5.41) is 0.750. The fourth-order valence-corrected chi connectivity index (χ4v) is 1.88. The molecule has 0 unspecified atom stereocenters. The lowest BCUT2D eigenvalue weighted by molar-refractivity contribution is -0.114. The molecule has 0 saturated heterocycles. The Bertz CT molecular complexity index is 511. The van der Waals surface area contributed by atoms with Gasteiger partial charge in [0.05, 0.1) is 17.8 Å². The van der Waals surface area contributed by atoms with E-state index in [0.717, 1.165) is 0 Å². The van der Waals surface area contributed by atoms with E-state index in [4.69, 9.17) is 23.2 Å². The zero-order chi connectivity index (χ0) is 11.9. The summed E-state index contributed by atoms with van der Waals surface area (Å²) in [6, 6.07) is 4.68. The first-order valence-corrected chi connectivity index (χ1v) is 5.25. The second-order valence-electron chi connectivity index (χ2n) is 3.40. The highest BCUT2D eigenvalue weighted by atomic mass is 35.5. The van der Waals surface area contributed by atoms with Crippen LogP contribution in [0.1, 0.15) is 10.4 Å². The van der Waals surface area contributed by atoms with Crippen molar-refractivity contribution in [3.8, 4) is 0 Å². The molecule has 0 spiro atoms. The summed E-state index contributed by atoms with van der Waals surface area (Å²) in [5.74, 6) is -1.14. The van der Waals surface area contributed by atoms with E-state index in [0.29, 0.717) is 16.3 Å². The highest BCUT2D eigenvalue weighted by molar-refractivity contribution is 6.52. The zero-order valence-corrected chi connectivity index (χ0v) is 9.68. The summed E-state index contributed by atoms with van der Waals surface area (Å²) in [4.78, 5) is 24.5. The summed E-state index contributed by atoms with van der Waals surface area (Å²) in [6.07, 6.45) is 0. The van der Waals surface area contributed by atoms with Crippen LogP contribution in [-0.2, 0) is 4.79 Å². The molecule has 0 bridgehead atoms. The largest absolute Gasteiger partial charge is 0.299 e. The number of Topliss-reactive ketones (excluding diaryl/α,β-unsaturated/α-hetero) is 1. The van der Waals surface area contributed by atoms with E-state index in [1.54, 1.807) is 12.1 Å². The summed E-state index contributed by atoms with van der Waals surface area (Å²) in [6.45, 7) is 3.61. The summed E-state index contributed by atoms with van der Waals surface area (Å²) >= 11 is 11.5. The van der Waals surface area contributed by atoms with Gasteiger partial charge in [-0.25, -0.2) is 0 Å². The van der Waals surface area contributed by atoms with E-state index in [-0.39, 0.29) is 11.6 Å². The van der Waals surface area contributed by atoms with E-state index in [1.165, 1.54) is 11.0 Å². The number of amides is 1. The quantitative estimate of drug-likeness (QED) is 0.763. The molecule has 1 amide bonds. The van der Waals surface area contributed by atoms with Gasteiger partial charge in [-0.05, 0) is 18.2 Å². The maximum Gasteiger partial charge on any atom is 0.299 e. The Kier molecular flexibility index (Phi) is 2.74. The minimum Gasteiger partial charge on any atom is -0.299 e. The monoisotopic (exact) mass is 255 g/mol. The van der Waals surface area contributed by atoms with Crippen LogP contribution in [0.4, 0.5) is 5.69 Å². The molecule has 0 aliphatic carbocycles. The molecule has 0 saturated carbocycles. The molecule has 0 atom stereocenters. The molecule has 2 rings (SSSR count). The van der Waals surface area contributed by atoms with Crippen molar-refractivity contribution in [3.05, 3.63) is 40.4 Å². The van der Waals surface area contributed by atoms with Gasteiger partial charge in [-0.1, -0.05) is 29.8 Å². The number of anilines is 1. The van der Waals surface area contributed by atoms with E-state index in [9.17, 15) is 9.59 Å². The Morgan fingerprint density at radius 1 is 1.38 bits per heavy atom. The average molecular weight is 256 g/mol. The number of halogens is 2. The highest BCUT2D eigenvalue weighted by Gasteiger charge is 2.35. The van der Waals surface area contributed by atoms with E-state index in [1.807, 2.05) is 0 Å². The van der Waals surface area contributed by atoms with Crippen molar-refractivity contribution < 1.29 is 9.59 Å². The molecular weight excluding hydrogens is 249 g/mol. The Morgan fingerprint density at radius 3 is 2.69 bits per heavy atom. The maximum atomic E-state index is 11.6. The molecule has 0 N–H and O–H groups in total. The first-order chi connectivity index (χ1) is 7.50. The molecular formula is C11H7Cl2NO2. The van der Waals surface area contributed by atoms with Crippen LogP contribution < -0.4 is 4.90 Å². The lowest BCUT2D eigenvalue weighted by atomic mass is 10.1. The number of ketones is 1. The highest BCUT2D eigenvalue weighted by Crippen LogP contribution is 2.32. The minimum atomic E-state index is -0.598. The smallest absolute Gasteiger partial charge is 0.299 e. The lowest BCUT2D eigenvalue weighted by Gasteiger charge is -2.15. The van der Waals surface area contributed by atoms with Gasteiger partial charge in [0.25, 0.3) is 11.7 Å². The van der Waals surface area contributed by atoms with Gasteiger partial charge in [-0.3, -0.25) is 14.5 Å². The standard InChI is InChI=1S/C11H7Cl2NO2/c1-6(12)5-14-9-4-7(13)2-3-8(9)10(15)11(14)16/h2-4H,1,5H2. The Hall–Kier alpha value is -1.32. The molecule has 0 radical (unpaired) electrons. The van der Waals surface area contributed by atoms with Crippen LogP contribution >= 0.6 is 23.2 Å². The zero-order valence-electron chi connectivity index (χ0n) is 8.17. The van der Waals surface area contributed by atoms with Crippen LogP contribution in [0.15, 0.2) is 29.8 Å². The predicted octanol–water partition coefficient (Wildman–Crippen LogP) is 2.62. The number of fused-ring (bicyclic) bond motifs is 1. The number of carbonyl (C=O) groups is 2. The van der Waals surface area contributed by atoms with Crippen LogP contribution in [0.3, 0.4) is 0 Å². The van der Waals surface area contributed by atoms with E-state index in [2.05, 4.69) is 6.58 Å². The van der Waals surface area contributed by atoms with Gasteiger partial charge in [0.2, 0.25) is 0 Å². The minimum absolute atomic E-state index is 0.111. The Balaban J connectivity index is 2.51. The van der Waals surface area contributed by atoms with Gasteiger partial charge in [0, 0.05) is 10.1 Å². The second kappa shape index (κ2) is 3.92. The van der Waals surface area contributed by atoms with Crippen LogP contribution in [0.5, 0.6) is 0 Å². The Morgan fingerprint density at radius 2 is 2.06 bits per heavy atom. The van der Waals surface area contributed by atoms with Gasteiger partial charge in [0.15, 0.2) is 0 Å². The van der Waals surface area contributed by atoms with Gasteiger partial charge in [0.1, 0.15) is 0 Å². The molecule has 1 aromatic rings. The Labute approximate surface area is 102 Å². The van der Waals surface area contributed by atoms with Crippen molar-refractivity contribution in [2.75, 3.05) is 11.4 Å². The summed E-state index contributed by atoms with van der Waals surface area (Å²) in [5.41, 5.74) is 0.844. The third-order valence-electron chi connectivity index (χ3n) is 2.26. The summed E-state index contributed by atoms with van der Waals surface area (Å²) < 4.78 is 0. The number of rotatable bonds is 2. The van der Waals surface area contributed by atoms with Crippen molar-refractivity contribution in [1.82, 2.24) is 0 Å². The number of hydrogen-bond donors (Lipinski definition) is 0. The molecule has 1 aromatic carbocycles. The molecule has 1 aliphatic rings. The number of hydrogen-bond acceptors (Lipinski definition) is 2. The normalized spacial score (nSPS) is 14.2. The number of carbonyl (C=O) groups excluding carboxylic acids is 2. The van der Waals surface area contributed by atoms with Crippen LogP contribution in [-0.4, -0.2) is 18.2 Å². The van der Waals surface area contributed by atoms with Gasteiger partial charge < -0.3 is 0 Å². The SMILES string of the molecule is C=C(Cl)CN1C(=O)C(=O)c2ccc(Cl)cc21. The first-order valence-electron chi connectivity index (χ1n) is 4.49. The fourth-order valence-electron chi connectivity index (χ4n) is 1.60. The maximum absolute atomic E-state index is 11.6. The van der Waals surface area contributed by atoms with Crippen LogP contribution in [0.2, 0.25) is 5.02 Å². The van der Waals surface area contributed by atoms with E-state index >= 15 is 0 Å². The van der Waals surface area contributed by atoms with Gasteiger partial charge in [-0.2, -0.15) is 0 Å². The molecule has 0 aromatic heterocycles. The lowest BCUT2D eigenvalue weighted by Crippen LogP contribution is -2.30. The number of benzene rings is 1. The molecule has 5 heteroatoms. The van der Waals surface area contributed by atoms with Crippen molar-refractivity contribution in [2.45, 2.75) is 0 Å². The van der Waals surface area contributed by atoms with Crippen molar-refractivity contribution in [2.24, 2.45) is 0 Å². The first kappa shape index (κ1) is 11.2. The molecule has 1 heterocycles. The third-order valence-corrected chi connectivity index (χ3v) is 2.62. The summed E-state index contributed by atoms with van der Waals surface area (Å²) in [7, 11) is 0. The van der Waals surface area contributed by atoms with E-state index < -0.39 is 11.7 Å². The van der Waals surface area contributed by atoms with Crippen molar-refractivity contribution in [1.29, 1.82) is 0 Å². The topological polar surface area (TPSA) is 37.4 Å². The molecule has 1 aliphatic heterocycles. The second-order valence-corrected chi connectivity index (χ2v) is 4.37. The van der Waals surface area contributed by atoms with Crippen LogP contribution in [0.25, 0.3) is 0 Å². The molecule has 3 nitrogen and oxygen atoms in total. The van der Waals surface area contributed by atoms with Crippen LogP contribution in [0, 0.1) is 0 Å². The van der Waals surface area contributed by atoms with Crippen molar-refractivity contribution >= 4 is 40.6 Å². The number of nitrogens with zero attached hydrogens (tertiary/aromatic N) is 1. The van der Waals surface area contributed by atoms with Gasteiger partial charge >= 0.3 is 0 Å². The van der Waals surface area contributed by atoms with Gasteiger partial charge in [-0.15, -0.1) is 0 Å². The van der Waals surface area contributed by atoms with Crippen molar-refractivity contribution in [3.63, 3.8) is 0 Å². The molecule has 0 fully saturated rings.